The Balaban J connectivity index is 1.87. The molecule has 2 aromatic carbocycles. The topological polar surface area (TPSA) is 134 Å². The van der Waals surface area contributed by atoms with Gasteiger partial charge in [0.25, 0.3) is 0 Å². The number of benzene rings is 2. The SMILES string of the molecule is CC(C)(C)OC(=O)CN(c1cn2nc(-c3ccc(F)cc3)c(C(=O)O)c2cc1OCc1ccccc1)S(=O)[O-]. The van der Waals surface area contributed by atoms with Gasteiger partial charge in [-0.05, 0) is 50.6 Å². The Bertz CT molecular complexity index is 1530. The fourth-order valence-corrected chi connectivity index (χ4v) is 4.34. The first-order chi connectivity index (χ1) is 18.4. The Hall–Kier alpha value is -4.29. The van der Waals surface area contributed by atoms with Crippen molar-refractivity contribution in [2.75, 3.05) is 10.8 Å². The predicted octanol–water partition coefficient (Wildman–Crippen LogP) is 4.36. The Morgan fingerprint density at radius 3 is 2.38 bits per heavy atom. The molecule has 0 saturated heterocycles. The molecule has 1 N–H and O–H groups in total. The van der Waals surface area contributed by atoms with Gasteiger partial charge in [0.1, 0.15) is 47.3 Å². The summed E-state index contributed by atoms with van der Waals surface area (Å²) in [5, 5.41) is 14.4. The summed E-state index contributed by atoms with van der Waals surface area (Å²) in [6, 6.07) is 15.5. The van der Waals surface area contributed by atoms with E-state index in [-0.39, 0.29) is 34.8 Å². The van der Waals surface area contributed by atoms with Crippen molar-refractivity contribution in [2.24, 2.45) is 0 Å². The highest BCUT2D eigenvalue weighted by Gasteiger charge is 2.26. The van der Waals surface area contributed by atoms with Gasteiger partial charge in [0.05, 0.1) is 11.7 Å². The predicted molar refractivity (Wildman–Crippen MR) is 140 cm³/mol. The van der Waals surface area contributed by atoms with Crippen molar-refractivity contribution in [2.45, 2.75) is 33.0 Å². The number of aromatic carboxylic acids is 1. The van der Waals surface area contributed by atoms with Crippen LogP contribution in [0.3, 0.4) is 0 Å². The summed E-state index contributed by atoms with van der Waals surface area (Å²) >= 11 is -2.95. The number of hydrogen-bond acceptors (Lipinski definition) is 7. The van der Waals surface area contributed by atoms with Gasteiger partial charge in [-0.2, -0.15) is 5.10 Å². The standard InChI is InChI=1S/C27H26FN3O7S/c1-27(2,3)38-23(32)15-31(39(35)36)21-14-30-20(13-22(21)37-16-17-7-5-4-6-8-17)24(26(33)34)25(29-30)18-9-11-19(28)12-10-18/h4-14H,15-16H2,1-3H3,(H,33,34)(H,35,36)/p-1. The lowest BCUT2D eigenvalue weighted by molar-refractivity contribution is -0.152. The van der Waals surface area contributed by atoms with E-state index in [1.807, 2.05) is 6.07 Å². The maximum atomic E-state index is 13.5. The van der Waals surface area contributed by atoms with E-state index in [9.17, 15) is 27.8 Å². The summed E-state index contributed by atoms with van der Waals surface area (Å²) < 4.78 is 51.3. The van der Waals surface area contributed by atoms with E-state index in [2.05, 4.69) is 5.10 Å². The molecule has 0 fully saturated rings. The molecule has 4 aromatic rings. The number of carbonyl (C=O) groups is 2. The van der Waals surface area contributed by atoms with Crippen molar-refractivity contribution in [3.05, 3.63) is 83.8 Å². The maximum absolute atomic E-state index is 13.5. The average Bonchev–Trinajstić information content (AvgIpc) is 3.24. The molecule has 1 atom stereocenters. The normalized spacial score (nSPS) is 12.2. The van der Waals surface area contributed by atoms with E-state index in [0.717, 1.165) is 9.87 Å². The zero-order valence-corrected chi connectivity index (χ0v) is 22.1. The van der Waals surface area contributed by atoms with Crippen LogP contribution in [0.1, 0.15) is 36.7 Å². The van der Waals surface area contributed by atoms with Crippen LogP contribution in [0, 0.1) is 5.82 Å². The number of carboxylic acid groups (broad SMARTS) is 1. The number of aromatic nitrogens is 2. The summed E-state index contributed by atoms with van der Waals surface area (Å²) in [6.45, 7) is 4.31. The quantitative estimate of drug-likeness (QED) is 0.238. The molecule has 39 heavy (non-hydrogen) atoms. The van der Waals surface area contributed by atoms with Gasteiger partial charge in [0.15, 0.2) is 0 Å². The summed E-state index contributed by atoms with van der Waals surface area (Å²) in [6.07, 6.45) is 1.26. The highest BCUT2D eigenvalue weighted by molar-refractivity contribution is 7.80. The fourth-order valence-electron chi connectivity index (χ4n) is 3.83. The van der Waals surface area contributed by atoms with E-state index >= 15 is 0 Å². The minimum atomic E-state index is -2.95. The monoisotopic (exact) mass is 554 g/mol. The molecule has 2 aromatic heterocycles. The van der Waals surface area contributed by atoms with Gasteiger partial charge in [-0.1, -0.05) is 30.3 Å². The Kier molecular flexibility index (Phi) is 7.98. The highest BCUT2D eigenvalue weighted by atomic mass is 32.2. The maximum Gasteiger partial charge on any atom is 0.340 e. The van der Waals surface area contributed by atoms with Gasteiger partial charge in [0.2, 0.25) is 0 Å². The largest absolute Gasteiger partial charge is 0.755 e. The molecule has 2 heterocycles. The Morgan fingerprint density at radius 1 is 1.13 bits per heavy atom. The number of halogens is 1. The number of carboxylic acids is 1. The van der Waals surface area contributed by atoms with Crippen molar-refractivity contribution in [1.29, 1.82) is 0 Å². The third kappa shape index (κ3) is 6.59. The van der Waals surface area contributed by atoms with Gasteiger partial charge in [-0.3, -0.25) is 13.3 Å². The third-order valence-corrected chi connectivity index (χ3v) is 6.11. The van der Waals surface area contributed by atoms with Crippen LogP contribution in [0.15, 0.2) is 66.9 Å². The third-order valence-electron chi connectivity index (χ3n) is 5.42. The van der Waals surface area contributed by atoms with E-state index in [4.69, 9.17) is 9.47 Å². The van der Waals surface area contributed by atoms with Crippen LogP contribution < -0.4 is 9.04 Å². The average molecular weight is 555 g/mol. The number of anilines is 1. The minimum absolute atomic E-state index is 0.00725. The molecule has 0 amide bonds. The second-order valence-corrected chi connectivity index (χ2v) is 10.4. The molecule has 0 aliphatic carbocycles. The Labute approximate surface area is 226 Å². The molecule has 1 unspecified atom stereocenters. The summed E-state index contributed by atoms with van der Waals surface area (Å²) in [5.74, 6) is -2.62. The molecule has 0 saturated carbocycles. The second-order valence-electron chi connectivity index (χ2n) is 9.50. The van der Waals surface area contributed by atoms with Crippen LogP contribution in [0.4, 0.5) is 10.1 Å². The van der Waals surface area contributed by atoms with Crippen molar-refractivity contribution < 1.29 is 37.3 Å². The minimum Gasteiger partial charge on any atom is -0.755 e. The molecule has 12 heteroatoms. The number of rotatable bonds is 9. The van der Waals surface area contributed by atoms with Gasteiger partial charge < -0.3 is 19.1 Å². The van der Waals surface area contributed by atoms with Gasteiger partial charge in [-0.25, -0.2) is 13.7 Å². The van der Waals surface area contributed by atoms with Crippen molar-refractivity contribution in [3.63, 3.8) is 0 Å². The molecular formula is C27H25FN3O7S-. The van der Waals surface area contributed by atoms with Crippen molar-refractivity contribution in [1.82, 2.24) is 9.61 Å². The molecule has 0 radical (unpaired) electrons. The second kappa shape index (κ2) is 11.2. The van der Waals surface area contributed by atoms with Crippen LogP contribution in [0.25, 0.3) is 16.8 Å². The number of pyridine rings is 1. The van der Waals surface area contributed by atoms with E-state index in [0.29, 0.717) is 5.56 Å². The first-order valence-electron chi connectivity index (χ1n) is 11.7. The zero-order chi connectivity index (χ0) is 28.3. The lowest BCUT2D eigenvalue weighted by atomic mass is 10.1. The lowest BCUT2D eigenvalue weighted by Gasteiger charge is -2.29. The first-order valence-corrected chi connectivity index (χ1v) is 12.8. The van der Waals surface area contributed by atoms with E-state index in [1.165, 1.54) is 41.0 Å². The number of esters is 1. The number of hydrogen-bond donors (Lipinski definition) is 1. The molecule has 0 spiro atoms. The molecular weight excluding hydrogens is 529 g/mol. The van der Waals surface area contributed by atoms with Gasteiger partial charge in [-0.15, -0.1) is 0 Å². The number of carbonyl (C=O) groups excluding carboxylic acids is 1. The van der Waals surface area contributed by atoms with E-state index in [1.54, 1.807) is 45.0 Å². The van der Waals surface area contributed by atoms with Crippen LogP contribution in [0.2, 0.25) is 0 Å². The molecule has 10 nitrogen and oxygen atoms in total. The van der Waals surface area contributed by atoms with Crippen molar-refractivity contribution in [3.8, 4) is 17.0 Å². The summed E-state index contributed by atoms with van der Waals surface area (Å²) in [7, 11) is 0. The van der Waals surface area contributed by atoms with Crippen LogP contribution in [0.5, 0.6) is 5.75 Å². The molecule has 0 aliphatic heterocycles. The molecule has 0 aliphatic rings. The summed E-state index contributed by atoms with van der Waals surface area (Å²) in [4.78, 5) is 24.8. The Morgan fingerprint density at radius 2 is 1.79 bits per heavy atom. The molecule has 0 bridgehead atoms. The molecule has 4 rings (SSSR count). The smallest absolute Gasteiger partial charge is 0.340 e. The number of nitrogens with zero attached hydrogens (tertiary/aromatic N) is 3. The van der Waals surface area contributed by atoms with Gasteiger partial charge in [0, 0.05) is 22.9 Å². The van der Waals surface area contributed by atoms with Crippen LogP contribution in [-0.2, 0) is 27.4 Å². The first kappa shape index (κ1) is 27.7. The summed E-state index contributed by atoms with van der Waals surface area (Å²) in [5.41, 5.74) is 0.125. The fraction of sp³-hybridized carbons (Fsp3) is 0.222. The number of ether oxygens (including phenoxy) is 2. The number of fused-ring (bicyclic) bond motifs is 1. The van der Waals surface area contributed by atoms with Crippen LogP contribution in [-0.4, -0.2) is 47.6 Å². The lowest BCUT2D eigenvalue weighted by Crippen LogP contribution is -2.36. The van der Waals surface area contributed by atoms with E-state index < -0.39 is 41.2 Å². The van der Waals surface area contributed by atoms with Gasteiger partial charge >= 0.3 is 11.9 Å². The van der Waals surface area contributed by atoms with Crippen molar-refractivity contribution >= 4 is 34.4 Å². The zero-order valence-electron chi connectivity index (χ0n) is 21.3. The van der Waals surface area contributed by atoms with Crippen LogP contribution >= 0.6 is 0 Å². The highest BCUT2D eigenvalue weighted by Crippen LogP contribution is 2.35. The molecule has 204 valence electrons.